The van der Waals surface area contributed by atoms with E-state index < -0.39 is 0 Å². The third-order valence-corrected chi connectivity index (χ3v) is 4.94. The summed E-state index contributed by atoms with van der Waals surface area (Å²) in [6.07, 6.45) is 14.7. The molecule has 0 aliphatic carbocycles. The van der Waals surface area contributed by atoms with Gasteiger partial charge in [-0.1, -0.05) is 101 Å². The Morgan fingerprint density at radius 3 is 1.96 bits per heavy atom. The van der Waals surface area contributed by atoms with Crippen LogP contribution >= 0.6 is 0 Å². The van der Waals surface area contributed by atoms with Gasteiger partial charge in [0, 0.05) is 6.42 Å². The molecule has 0 unspecified atom stereocenters. The van der Waals surface area contributed by atoms with Gasteiger partial charge in [-0.25, -0.2) is 0 Å². The maximum absolute atomic E-state index is 12.0. The molecule has 0 amide bonds. The summed E-state index contributed by atoms with van der Waals surface area (Å²) < 4.78 is 5.48. The van der Waals surface area contributed by atoms with Gasteiger partial charge in [0.05, 0.1) is 0 Å². The van der Waals surface area contributed by atoms with E-state index in [4.69, 9.17) is 4.74 Å². The summed E-state index contributed by atoms with van der Waals surface area (Å²) in [5.74, 6) is 0.535. The van der Waals surface area contributed by atoms with E-state index in [1.165, 1.54) is 57.8 Å². The Morgan fingerprint density at radius 1 is 0.731 bits per heavy atom. The average molecular weight is 355 g/mol. The van der Waals surface area contributed by atoms with Gasteiger partial charge in [0.2, 0.25) is 0 Å². The molecule has 2 aromatic carbocycles. The molecule has 0 saturated heterocycles. The first kappa shape index (κ1) is 20.5. The van der Waals surface area contributed by atoms with Gasteiger partial charge in [0.1, 0.15) is 5.75 Å². The molecule has 26 heavy (non-hydrogen) atoms. The molecule has 0 bridgehead atoms. The molecule has 0 radical (unpaired) electrons. The van der Waals surface area contributed by atoms with E-state index >= 15 is 0 Å². The zero-order chi connectivity index (χ0) is 18.5. The van der Waals surface area contributed by atoms with E-state index in [1.807, 2.05) is 36.4 Å². The van der Waals surface area contributed by atoms with Crippen LogP contribution in [0, 0.1) is 0 Å². The summed E-state index contributed by atoms with van der Waals surface area (Å²) in [4.78, 5) is 12.0. The molecular weight excluding hydrogens is 320 g/mol. The molecule has 0 N–H and O–H groups in total. The van der Waals surface area contributed by atoms with Gasteiger partial charge in [-0.3, -0.25) is 4.79 Å². The van der Waals surface area contributed by atoms with Crippen molar-refractivity contribution in [3.05, 3.63) is 42.5 Å². The SMILES string of the molecule is CCCCCCCCCCCCCC(=O)Oc1ccc2ccccc2c1. The van der Waals surface area contributed by atoms with Crippen LogP contribution in [0.15, 0.2) is 42.5 Å². The fraction of sp³-hybridized carbons (Fsp3) is 0.542. The molecule has 2 nitrogen and oxygen atoms in total. The topological polar surface area (TPSA) is 26.3 Å². The minimum Gasteiger partial charge on any atom is -0.427 e. The van der Waals surface area contributed by atoms with Gasteiger partial charge in [0.15, 0.2) is 0 Å². The number of hydrogen-bond donors (Lipinski definition) is 0. The van der Waals surface area contributed by atoms with Crippen molar-refractivity contribution in [2.45, 2.75) is 84.0 Å². The van der Waals surface area contributed by atoms with Crippen molar-refractivity contribution in [3.63, 3.8) is 0 Å². The largest absolute Gasteiger partial charge is 0.427 e. The second kappa shape index (κ2) is 12.5. The molecule has 0 heterocycles. The number of carbonyl (C=O) groups excluding carboxylic acids is 1. The Balaban J connectivity index is 1.51. The number of hydrogen-bond acceptors (Lipinski definition) is 2. The predicted molar refractivity (Wildman–Crippen MR) is 111 cm³/mol. The average Bonchev–Trinajstić information content (AvgIpc) is 2.66. The summed E-state index contributed by atoms with van der Waals surface area (Å²) >= 11 is 0. The van der Waals surface area contributed by atoms with Gasteiger partial charge in [0.25, 0.3) is 0 Å². The normalized spacial score (nSPS) is 11.0. The van der Waals surface area contributed by atoms with Crippen LogP contribution in [-0.4, -0.2) is 5.97 Å². The molecule has 2 rings (SSSR count). The highest BCUT2D eigenvalue weighted by atomic mass is 16.5. The van der Waals surface area contributed by atoms with Gasteiger partial charge in [-0.2, -0.15) is 0 Å². The van der Waals surface area contributed by atoms with E-state index in [-0.39, 0.29) is 5.97 Å². The lowest BCUT2D eigenvalue weighted by Crippen LogP contribution is -2.07. The van der Waals surface area contributed by atoms with Crippen molar-refractivity contribution >= 4 is 16.7 Å². The highest BCUT2D eigenvalue weighted by molar-refractivity contribution is 5.84. The van der Waals surface area contributed by atoms with Crippen molar-refractivity contribution in [3.8, 4) is 5.75 Å². The third-order valence-electron chi connectivity index (χ3n) is 4.94. The minimum absolute atomic E-state index is 0.115. The molecule has 0 aliphatic rings. The smallest absolute Gasteiger partial charge is 0.311 e. The molecule has 0 fully saturated rings. The lowest BCUT2D eigenvalue weighted by atomic mass is 10.1. The molecule has 2 heteroatoms. The zero-order valence-corrected chi connectivity index (χ0v) is 16.3. The number of carbonyl (C=O) groups is 1. The van der Waals surface area contributed by atoms with Crippen molar-refractivity contribution in [2.24, 2.45) is 0 Å². The lowest BCUT2D eigenvalue weighted by Gasteiger charge is -2.06. The van der Waals surface area contributed by atoms with Gasteiger partial charge < -0.3 is 4.74 Å². The summed E-state index contributed by atoms with van der Waals surface area (Å²) in [6.45, 7) is 2.26. The Bertz CT molecular complexity index is 647. The van der Waals surface area contributed by atoms with Crippen LogP contribution in [0.5, 0.6) is 5.75 Å². The maximum Gasteiger partial charge on any atom is 0.311 e. The van der Waals surface area contributed by atoms with Crippen LogP contribution in [0.4, 0.5) is 0 Å². The van der Waals surface area contributed by atoms with E-state index in [1.54, 1.807) is 0 Å². The lowest BCUT2D eigenvalue weighted by molar-refractivity contribution is -0.134. The Hall–Kier alpha value is -1.83. The van der Waals surface area contributed by atoms with E-state index in [2.05, 4.69) is 13.0 Å². The van der Waals surface area contributed by atoms with Crippen LogP contribution in [-0.2, 0) is 4.79 Å². The Morgan fingerprint density at radius 2 is 1.31 bits per heavy atom. The van der Waals surface area contributed by atoms with Gasteiger partial charge in [-0.15, -0.1) is 0 Å². The fourth-order valence-electron chi connectivity index (χ4n) is 3.35. The Labute approximate surface area is 158 Å². The van der Waals surface area contributed by atoms with Gasteiger partial charge in [-0.05, 0) is 29.3 Å². The molecule has 0 atom stereocenters. The van der Waals surface area contributed by atoms with Crippen molar-refractivity contribution < 1.29 is 9.53 Å². The van der Waals surface area contributed by atoms with E-state index in [0.717, 1.165) is 23.6 Å². The fourth-order valence-corrected chi connectivity index (χ4v) is 3.35. The highest BCUT2D eigenvalue weighted by Crippen LogP contribution is 2.21. The Kier molecular flexibility index (Phi) is 9.86. The van der Waals surface area contributed by atoms with E-state index in [9.17, 15) is 4.79 Å². The second-order valence-electron chi connectivity index (χ2n) is 7.27. The number of fused-ring (bicyclic) bond motifs is 1. The number of rotatable bonds is 13. The van der Waals surface area contributed by atoms with Crippen LogP contribution in [0.1, 0.15) is 84.0 Å². The van der Waals surface area contributed by atoms with Crippen molar-refractivity contribution in [1.82, 2.24) is 0 Å². The standard InChI is InChI=1S/C24H34O2/c1-2-3-4-5-6-7-8-9-10-11-12-17-24(25)26-23-19-18-21-15-13-14-16-22(21)20-23/h13-16,18-20H,2-12,17H2,1H3. The van der Waals surface area contributed by atoms with Crippen LogP contribution in [0.3, 0.4) is 0 Å². The van der Waals surface area contributed by atoms with Crippen LogP contribution in [0.25, 0.3) is 10.8 Å². The molecule has 0 saturated carbocycles. The first-order valence-corrected chi connectivity index (χ1v) is 10.5. The van der Waals surface area contributed by atoms with Crippen LogP contribution in [0.2, 0.25) is 0 Å². The number of ether oxygens (including phenoxy) is 1. The minimum atomic E-state index is -0.115. The summed E-state index contributed by atoms with van der Waals surface area (Å²) in [5, 5.41) is 2.27. The number of esters is 1. The molecule has 0 spiro atoms. The molecule has 0 aromatic heterocycles. The number of unbranched alkanes of at least 4 members (excludes halogenated alkanes) is 10. The second-order valence-corrected chi connectivity index (χ2v) is 7.27. The summed E-state index contributed by atoms with van der Waals surface area (Å²) in [6, 6.07) is 13.9. The molecule has 142 valence electrons. The highest BCUT2D eigenvalue weighted by Gasteiger charge is 2.05. The maximum atomic E-state index is 12.0. The zero-order valence-electron chi connectivity index (χ0n) is 16.3. The molecule has 2 aromatic rings. The monoisotopic (exact) mass is 354 g/mol. The van der Waals surface area contributed by atoms with Crippen molar-refractivity contribution in [1.29, 1.82) is 0 Å². The summed E-state index contributed by atoms with van der Waals surface area (Å²) in [7, 11) is 0. The third kappa shape index (κ3) is 8.03. The van der Waals surface area contributed by atoms with Crippen molar-refractivity contribution in [2.75, 3.05) is 0 Å². The quantitative estimate of drug-likeness (QED) is 0.212. The first-order valence-electron chi connectivity index (χ1n) is 10.5. The number of benzene rings is 2. The predicted octanol–water partition coefficient (Wildman–Crippen LogP) is 7.45. The first-order chi connectivity index (χ1) is 12.8. The van der Waals surface area contributed by atoms with Gasteiger partial charge >= 0.3 is 5.97 Å². The van der Waals surface area contributed by atoms with Crippen LogP contribution < -0.4 is 4.74 Å². The molecule has 0 aliphatic heterocycles. The molecular formula is C24H34O2. The van der Waals surface area contributed by atoms with E-state index in [0.29, 0.717) is 12.2 Å². The summed E-state index contributed by atoms with van der Waals surface area (Å²) in [5.41, 5.74) is 0.